The van der Waals surface area contributed by atoms with Crippen molar-refractivity contribution in [3.05, 3.63) is 42.5 Å². The second-order valence-electron chi connectivity index (χ2n) is 4.64. The van der Waals surface area contributed by atoms with Crippen molar-refractivity contribution in [2.24, 2.45) is 11.1 Å². The summed E-state index contributed by atoms with van der Waals surface area (Å²) in [6.45, 7) is 1.14. The molecule has 154 valence electrons. The van der Waals surface area contributed by atoms with Gasteiger partial charge in [-0.15, -0.1) is 30.3 Å². The summed E-state index contributed by atoms with van der Waals surface area (Å²) in [6.07, 6.45) is -1.11. The molecule has 0 aliphatic carbocycles. The molecule has 0 aromatic carbocycles. The lowest BCUT2D eigenvalue weighted by atomic mass is 9.93. The zero-order valence-electron chi connectivity index (χ0n) is 13.8. The predicted molar refractivity (Wildman–Crippen MR) is 78.8 cm³/mol. The Morgan fingerprint density at radius 3 is 1.48 bits per heavy atom. The number of esters is 1. The number of nitrogens with zero attached hydrogens (tertiary/aromatic N) is 3. The second kappa shape index (κ2) is 12.6. The Morgan fingerprint density at radius 1 is 1.00 bits per heavy atom. The molecule has 0 aromatic heterocycles. The number of carbonyl (C=O) groups excluding carboxylic acids is 2. The predicted octanol–water partition coefficient (Wildman–Crippen LogP) is -1.23. The highest BCUT2D eigenvalue weighted by atomic mass is 17.0. The van der Waals surface area contributed by atoms with Crippen LogP contribution in [0.15, 0.2) is 12.2 Å². The Labute approximate surface area is 149 Å². The molecule has 0 atom stereocenters. The van der Waals surface area contributed by atoms with Crippen LogP contribution < -0.4 is 5.73 Å². The van der Waals surface area contributed by atoms with Crippen LogP contribution in [-0.2, 0) is 24.0 Å². The molecule has 1 amide bonds. The molecule has 17 nitrogen and oxygen atoms in total. The van der Waals surface area contributed by atoms with Crippen molar-refractivity contribution in [2.75, 3.05) is 26.4 Å². The lowest BCUT2D eigenvalue weighted by Crippen LogP contribution is -2.42. The van der Waals surface area contributed by atoms with E-state index in [-0.39, 0.29) is 5.57 Å². The zero-order chi connectivity index (χ0) is 21.6. The fourth-order valence-electron chi connectivity index (χ4n) is 1.01. The molecule has 0 bridgehead atoms. The van der Waals surface area contributed by atoms with Gasteiger partial charge >= 0.3 is 12.1 Å². The largest absolute Gasteiger partial charge is 0.412 e. The fraction of sp³-hybridized carbons (Fsp3) is 0.600. The molecule has 0 heterocycles. The molecule has 0 spiro atoms. The van der Waals surface area contributed by atoms with Gasteiger partial charge in [-0.2, -0.15) is 0 Å². The number of rotatable bonds is 11. The number of hydrogen-bond donors (Lipinski definition) is 2. The summed E-state index contributed by atoms with van der Waals surface area (Å²) in [5, 5.41) is 35.3. The van der Waals surface area contributed by atoms with Crippen molar-refractivity contribution in [1.29, 1.82) is 0 Å². The minimum atomic E-state index is -1.80. The molecule has 0 radical (unpaired) electrons. The van der Waals surface area contributed by atoms with Gasteiger partial charge in [-0.3, -0.25) is 0 Å². The Morgan fingerprint density at radius 2 is 1.33 bits per heavy atom. The summed E-state index contributed by atoms with van der Waals surface area (Å²) < 4.78 is 3.91. The summed E-state index contributed by atoms with van der Waals surface area (Å²) in [6, 6.07) is 0. The van der Waals surface area contributed by atoms with E-state index in [0.29, 0.717) is 0 Å². The highest BCUT2D eigenvalue weighted by Gasteiger charge is 2.34. The Hall–Kier alpha value is -3.76. The fourth-order valence-corrected chi connectivity index (χ4v) is 1.01. The van der Waals surface area contributed by atoms with Crippen molar-refractivity contribution >= 4 is 12.1 Å². The summed E-state index contributed by atoms with van der Waals surface area (Å²) in [4.78, 5) is 61.9. The van der Waals surface area contributed by atoms with Crippen LogP contribution in [0.2, 0.25) is 0 Å². The van der Waals surface area contributed by atoms with Crippen molar-refractivity contribution in [3.63, 3.8) is 0 Å². The quantitative estimate of drug-likeness (QED) is 0.136. The molecule has 27 heavy (non-hydrogen) atoms. The van der Waals surface area contributed by atoms with Crippen LogP contribution >= 0.6 is 0 Å². The smallest absolute Gasteiger partial charge is 0.396 e. The van der Waals surface area contributed by atoms with Gasteiger partial charge in [0, 0.05) is 5.57 Å². The average molecular weight is 400 g/mol. The first-order chi connectivity index (χ1) is 12.3. The summed E-state index contributed by atoms with van der Waals surface area (Å²) in [7, 11) is 0. The minimum Gasteiger partial charge on any atom is -0.396 e. The van der Waals surface area contributed by atoms with E-state index in [9.17, 15) is 39.9 Å². The minimum absolute atomic E-state index is 0.147. The summed E-state index contributed by atoms with van der Waals surface area (Å²) in [5.74, 6) is -0.789. The van der Waals surface area contributed by atoms with Gasteiger partial charge in [0.15, 0.2) is 0 Å². The van der Waals surface area contributed by atoms with Gasteiger partial charge < -0.3 is 30.1 Å². The Bertz CT molecular complexity index is 532. The van der Waals surface area contributed by atoms with E-state index in [1.54, 1.807) is 0 Å². The van der Waals surface area contributed by atoms with Crippen molar-refractivity contribution < 1.29 is 49.2 Å². The SMILES string of the molecule is C=C(C)C(=O)OC(N)=O.O=[N+]([O-])OCC(CO)(CO[N+](=O)[O-])CO[N+](=O)[O-]. The third kappa shape index (κ3) is 14.3. The normalized spacial score (nSPS) is 9.70. The third-order valence-electron chi connectivity index (χ3n) is 2.31. The van der Waals surface area contributed by atoms with E-state index < -0.39 is 59.2 Å². The molecule has 0 rings (SSSR count). The lowest BCUT2D eigenvalue weighted by Gasteiger charge is -2.27. The highest BCUT2D eigenvalue weighted by molar-refractivity contribution is 5.94. The molecule has 0 saturated carbocycles. The molecule has 0 saturated heterocycles. The highest BCUT2D eigenvalue weighted by Crippen LogP contribution is 2.19. The maximum absolute atomic E-state index is 10.3. The number of carbonyl (C=O) groups is 2. The zero-order valence-corrected chi connectivity index (χ0v) is 13.8. The number of primary amides is 1. The monoisotopic (exact) mass is 400 g/mol. The number of ether oxygens (including phenoxy) is 1. The third-order valence-corrected chi connectivity index (χ3v) is 2.31. The maximum atomic E-state index is 10.3. The van der Waals surface area contributed by atoms with Crippen molar-refractivity contribution in [1.82, 2.24) is 0 Å². The lowest BCUT2D eigenvalue weighted by molar-refractivity contribution is -0.782. The van der Waals surface area contributed by atoms with Crippen LogP contribution in [0.25, 0.3) is 0 Å². The van der Waals surface area contributed by atoms with E-state index in [4.69, 9.17) is 5.11 Å². The van der Waals surface area contributed by atoms with Crippen LogP contribution in [0, 0.1) is 35.8 Å². The van der Waals surface area contributed by atoms with E-state index in [2.05, 4.69) is 31.6 Å². The van der Waals surface area contributed by atoms with Crippen LogP contribution in [-0.4, -0.2) is 58.9 Å². The number of aliphatic hydroxyl groups is 1. The number of nitrogens with two attached hydrogens (primary N) is 1. The number of amides is 1. The van der Waals surface area contributed by atoms with Gasteiger partial charge in [0.05, 0.1) is 12.0 Å². The van der Waals surface area contributed by atoms with Crippen molar-refractivity contribution in [2.45, 2.75) is 6.92 Å². The first kappa shape index (κ1) is 25.5. The van der Waals surface area contributed by atoms with Gasteiger partial charge in [-0.05, 0) is 6.92 Å². The van der Waals surface area contributed by atoms with Gasteiger partial charge in [0.25, 0.3) is 15.3 Å². The maximum Gasteiger partial charge on any atom is 0.412 e. The molecular weight excluding hydrogens is 384 g/mol. The van der Waals surface area contributed by atoms with Gasteiger partial charge in [0.1, 0.15) is 19.8 Å². The molecule has 17 heteroatoms. The molecule has 0 aliphatic heterocycles. The second-order valence-corrected chi connectivity index (χ2v) is 4.64. The van der Waals surface area contributed by atoms with E-state index in [1.165, 1.54) is 6.92 Å². The van der Waals surface area contributed by atoms with Crippen LogP contribution in [0.1, 0.15) is 6.92 Å². The van der Waals surface area contributed by atoms with Crippen LogP contribution in [0.3, 0.4) is 0 Å². The van der Waals surface area contributed by atoms with E-state index in [1.807, 2.05) is 0 Å². The Kier molecular flexibility index (Phi) is 11.9. The van der Waals surface area contributed by atoms with Crippen LogP contribution in [0.5, 0.6) is 0 Å². The number of hydrogen-bond acceptors (Lipinski definition) is 13. The van der Waals surface area contributed by atoms with E-state index >= 15 is 0 Å². The topological polar surface area (TPSA) is 247 Å². The van der Waals surface area contributed by atoms with Crippen molar-refractivity contribution in [3.8, 4) is 0 Å². The number of aliphatic hydroxyl groups excluding tert-OH is 1. The van der Waals surface area contributed by atoms with E-state index in [0.717, 1.165) is 0 Å². The molecule has 3 N–H and O–H groups in total. The summed E-state index contributed by atoms with van der Waals surface area (Å²) >= 11 is 0. The van der Waals surface area contributed by atoms with Gasteiger partial charge in [-0.25, -0.2) is 9.59 Å². The molecular formula is C10H16N4O13. The van der Waals surface area contributed by atoms with Crippen LogP contribution in [0.4, 0.5) is 4.79 Å². The standard InChI is InChI=1S/C5H9N3O10.C5H7NO3/c9-1-5(2-16-6(10)11,3-17-7(12)13)4-18-8(14)15;1-3(2)4(7)9-5(6)8/h9H,1-4H2;1H2,2H3,(H2,6,8). The molecule has 0 unspecified atom stereocenters. The van der Waals surface area contributed by atoms with Gasteiger partial charge in [0.2, 0.25) is 0 Å². The first-order valence-electron chi connectivity index (χ1n) is 6.45. The summed E-state index contributed by atoms with van der Waals surface area (Å²) in [5.41, 5.74) is 2.86. The molecule has 0 fully saturated rings. The Balaban J connectivity index is 0. The first-order valence-corrected chi connectivity index (χ1v) is 6.45. The molecule has 0 aliphatic rings. The van der Waals surface area contributed by atoms with Gasteiger partial charge in [-0.1, -0.05) is 6.58 Å². The molecule has 0 aromatic rings. The average Bonchev–Trinajstić information content (AvgIpc) is 2.54.